The van der Waals surface area contributed by atoms with Crippen LogP contribution in [0.1, 0.15) is 17.0 Å². The molecule has 1 aliphatic heterocycles. The van der Waals surface area contributed by atoms with Crippen molar-refractivity contribution >= 4 is 15.9 Å². The molecular weight excluding hydrogens is 330 g/mol. The molecule has 21 heavy (non-hydrogen) atoms. The lowest BCUT2D eigenvalue weighted by molar-refractivity contribution is 0.167. The number of hydrogen-bond donors (Lipinski definition) is 0. The van der Waals surface area contributed by atoms with Gasteiger partial charge in [-0.1, -0.05) is 18.2 Å². The summed E-state index contributed by atoms with van der Waals surface area (Å²) < 4.78 is 8.65. The van der Waals surface area contributed by atoms with Crippen LogP contribution in [0.3, 0.4) is 0 Å². The summed E-state index contributed by atoms with van der Waals surface area (Å²) in [4.78, 5) is 0. The number of halogens is 1. The first-order chi connectivity index (χ1) is 10.0. The van der Waals surface area contributed by atoms with Crippen molar-refractivity contribution in [2.45, 2.75) is 19.8 Å². The topological polar surface area (TPSA) is 50.8 Å². The second kappa shape index (κ2) is 5.19. The number of nitrogens with zero attached hydrogens (tertiary/aromatic N) is 3. The van der Waals surface area contributed by atoms with E-state index in [0.717, 1.165) is 27.2 Å². The molecule has 0 saturated carbocycles. The molecule has 0 saturated heterocycles. The van der Waals surface area contributed by atoms with Gasteiger partial charge in [-0.15, -0.1) is 0 Å². The smallest absolute Gasteiger partial charge is 0.122 e. The van der Waals surface area contributed by atoms with Crippen molar-refractivity contribution < 1.29 is 4.74 Å². The first-order valence-electron chi connectivity index (χ1n) is 6.84. The van der Waals surface area contributed by atoms with Gasteiger partial charge in [-0.25, -0.2) is 0 Å². The van der Waals surface area contributed by atoms with E-state index in [-0.39, 0.29) is 0 Å². The summed E-state index contributed by atoms with van der Waals surface area (Å²) in [7, 11) is 1.91. The van der Waals surface area contributed by atoms with Crippen molar-refractivity contribution in [3.63, 3.8) is 0 Å². The molecule has 0 spiro atoms. The maximum absolute atomic E-state index is 9.74. The Hall–Kier alpha value is -1.80. The third-order valence-corrected chi connectivity index (χ3v) is 5.04. The first-order valence-corrected chi connectivity index (χ1v) is 7.64. The Balaban J connectivity index is 1.95. The number of rotatable bonds is 2. The second-order valence-corrected chi connectivity index (χ2v) is 6.40. The number of aromatic nitrogens is 2. The number of ether oxygens (including phenoxy) is 1. The number of aryl methyl sites for hydroxylation is 2. The lowest BCUT2D eigenvalue weighted by atomic mass is 9.78. The highest BCUT2D eigenvalue weighted by Gasteiger charge is 2.38. The highest BCUT2D eigenvalue weighted by Crippen LogP contribution is 2.38. The zero-order chi connectivity index (χ0) is 15.0. The lowest BCUT2D eigenvalue weighted by Crippen LogP contribution is -2.36. The molecule has 2 heterocycles. The maximum atomic E-state index is 9.74. The zero-order valence-electron chi connectivity index (χ0n) is 12.1. The minimum absolute atomic E-state index is 0.414. The fourth-order valence-electron chi connectivity index (χ4n) is 2.84. The summed E-state index contributed by atoms with van der Waals surface area (Å²) in [5.41, 5.74) is 2.53. The minimum atomic E-state index is -0.545. The van der Waals surface area contributed by atoms with Gasteiger partial charge < -0.3 is 4.74 Å². The fourth-order valence-corrected chi connectivity index (χ4v) is 3.32. The van der Waals surface area contributed by atoms with Crippen molar-refractivity contribution in [2.24, 2.45) is 12.5 Å². The molecule has 0 aliphatic carbocycles. The van der Waals surface area contributed by atoms with Crippen LogP contribution in [0.5, 0.6) is 5.75 Å². The number of hydrogen-bond acceptors (Lipinski definition) is 3. The maximum Gasteiger partial charge on any atom is 0.122 e. The third kappa shape index (κ3) is 2.44. The Labute approximate surface area is 132 Å². The van der Waals surface area contributed by atoms with Gasteiger partial charge in [0.05, 0.1) is 21.9 Å². The molecule has 2 aromatic rings. The number of benzene rings is 1. The van der Waals surface area contributed by atoms with Crippen LogP contribution in [0.4, 0.5) is 0 Å². The number of fused-ring (bicyclic) bond motifs is 1. The lowest BCUT2D eigenvalue weighted by Gasteiger charge is -2.32. The van der Waals surface area contributed by atoms with Crippen LogP contribution >= 0.6 is 15.9 Å². The van der Waals surface area contributed by atoms with Gasteiger partial charge in [-0.3, -0.25) is 4.68 Å². The van der Waals surface area contributed by atoms with E-state index in [1.807, 2.05) is 42.9 Å². The van der Waals surface area contributed by atoms with Crippen molar-refractivity contribution in [1.82, 2.24) is 9.78 Å². The molecule has 0 amide bonds. The Morgan fingerprint density at radius 2 is 2.24 bits per heavy atom. The van der Waals surface area contributed by atoms with E-state index < -0.39 is 5.41 Å². The SMILES string of the molecule is Cc1nn(C)c(CC2(C#N)COc3ccccc3C2)c1Br. The molecule has 1 atom stereocenters. The molecule has 1 aromatic carbocycles. The summed E-state index contributed by atoms with van der Waals surface area (Å²) in [5.74, 6) is 0.892. The number of nitriles is 1. The molecule has 0 fully saturated rings. The summed E-state index contributed by atoms with van der Waals surface area (Å²) >= 11 is 3.58. The Kier molecular flexibility index (Phi) is 3.50. The summed E-state index contributed by atoms with van der Waals surface area (Å²) in [6, 6.07) is 10.4. The molecular formula is C16H16BrN3O. The minimum Gasteiger partial charge on any atom is -0.492 e. The van der Waals surface area contributed by atoms with Crippen LogP contribution in [0.25, 0.3) is 0 Å². The summed E-state index contributed by atoms with van der Waals surface area (Å²) in [5, 5.41) is 14.1. The number of para-hydroxylation sites is 1. The average molecular weight is 346 g/mol. The standard InChI is InChI=1S/C16H16BrN3O/c1-11-15(17)13(20(2)19-11)8-16(9-18)7-12-5-3-4-6-14(12)21-10-16/h3-6H,7-8,10H2,1-2H3. The van der Waals surface area contributed by atoms with Gasteiger partial charge in [0.25, 0.3) is 0 Å². The van der Waals surface area contributed by atoms with Crippen molar-refractivity contribution in [2.75, 3.05) is 6.61 Å². The zero-order valence-corrected chi connectivity index (χ0v) is 13.6. The second-order valence-electron chi connectivity index (χ2n) is 5.61. The fraction of sp³-hybridized carbons (Fsp3) is 0.375. The Morgan fingerprint density at radius 3 is 2.90 bits per heavy atom. The van der Waals surface area contributed by atoms with E-state index in [4.69, 9.17) is 4.74 Å². The van der Waals surface area contributed by atoms with E-state index in [9.17, 15) is 5.26 Å². The van der Waals surface area contributed by atoms with Gasteiger partial charge in [0.2, 0.25) is 0 Å². The van der Waals surface area contributed by atoms with Crippen LogP contribution < -0.4 is 4.74 Å². The van der Waals surface area contributed by atoms with Crippen molar-refractivity contribution in [3.8, 4) is 11.8 Å². The van der Waals surface area contributed by atoms with E-state index in [0.29, 0.717) is 19.4 Å². The molecule has 5 heteroatoms. The molecule has 4 nitrogen and oxygen atoms in total. The van der Waals surface area contributed by atoms with Crippen LogP contribution in [-0.4, -0.2) is 16.4 Å². The molecule has 1 aliphatic rings. The van der Waals surface area contributed by atoms with Crippen molar-refractivity contribution in [3.05, 3.63) is 45.7 Å². The third-order valence-electron chi connectivity index (χ3n) is 4.01. The molecule has 0 N–H and O–H groups in total. The molecule has 108 valence electrons. The molecule has 3 rings (SSSR count). The predicted octanol–water partition coefficient (Wildman–Crippen LogP) is 3.18. The van der Waals surface area contributed by atoms with Gasteiger partial charge in [0.1, 0.15) is 17.8 Å². The van der Waals surface area contributed by atoms with Gasteiger partial charge in [-0.2, -0.15) is 10.4 Å². The van der Waals surface area contributed by atoms with Crippen molar-refractivity contribution in [1.29, 1.82) is 5.26 Å². The highest BCUT2D eigenvalue weighted by molar-refractivity contribution is 9.10. The average Bonchev–Trinajstić information content (AvgIpc) is 2.73. The monoisotopic (exact) mass is 345 g/mol. The quantitative estimate of drug-likeness (QED) is 0.839. The normalized spacial score (nSPS) is 20.5. The largest absolute Gasteiger partial charge is 0.492 e. The first kappa shape index (κ1) is 14.2. The van der Waals surface area contributed by atoms with Gasteiger partial charge in [-0.05, 0) is 40.9 Å². The van der Waals surface area contributed by atoms with Gasteiger partial charge >= 0.3 is 0 Å². The van der Waals surface area contributed by atoms with Gasteiger partial charge in [0.15, 0.2) is 0 Å². The molecule has 0 radical (unpaired) electrons. The highest BCUT2D eigenvalue weighted by atomic mass is 79.9. The molecule has 0 bridgehead atoms. The summed E-state index contributed by atoms with van der Waals surface area (Å²) in [6.07, 6.45) is 1.33. The van der Waals surface area contributed by atoms with E-state index in [2.05, 4.69) is 27.1 Å². The van der Waals surface area contributed by atoms with Crippen LogP contribution in [0.15, 0.2) is 28.7 Å². The van der Waals surface area contributed by atoms with Gasteiger partial charge in [0, 0.05) is 13.5 Å². The van der Waals surface area contributed by atoms with Crippen LogP contribution in [0, 0.1) is 23.7 Å². The molecule has 1 aromatic heterocycles. The molecule has 1 unspecified atom stereocenters. The van der Waals surface area contributed by atoms with E-state index >= 15 is 0 Å². The van der Waals surface area contributed by atoms with E-state index in [1.165, 1.54) is 0 Å². The Morgan fingerprint density at radius 1 is 1.48 bits per heavy atom. The Bertz CT molecular complexity index is 732. The summed E-state index contributed by atoms with van der Waals surface area (Å²) in [6.45, 7) is 2.37. The predicted molar refractivity (Wildman–Crippen MR) is 83.0 cm³/mol. The van der Waals surface area contributed by atoms with Crippen LogP contribution in [-0.2, 0) is 19.9 Å². The van der Waals surface area contributed by atoms with Crippen LogP contribution in [0.2, 0.25) is 0 Å². The van der Waals surface area contributed by atoms with E-state index in [1.54, 1.807) is 0 Å².